The number of aliphatic hydroxyl groups excluding tert-OH is 2. The fourth-order valence-corrected chi connectivity index (χ4v) is 0. The topological polar surface area (TPSA) is 92.5 Å². The van der Waals surface area contributed by atoms with Crippen LogP contribution in [-0.4, -0.2) is 71.9 Å². The molecule has 0 atom stereocenters. The normalized spacial score (nSPS) is 6.00. The van der Waals surface area contributed by atoms with Crippen LogP contribution in [0.3, 0.4) is 0 Å². The SMILES string of the molecule is CCCC.NC(O)=S.NC(O)=S.[KH]. The number of hydrogen-bond acceptors (Lipinski definition) is 2. The number of rotatable bonds is 1. The van der Waals surface area contributed by atoms with Crippen LogP contribution in [0.2, 0.25) is 0 Å². The van der Waals surface area contributed by atoms with E-state index in [1.807, 2.05) is 0 Å². The molecule has 0 amide bonds. The number of unbranched alkanes of at least 4 members (excludes halogenated alkanes) is 1. The van der Waals surface area contributed by atoms with Crippen LogP contribution in [0.4, 0.5) is 0 Å². The van der Waals surface area contributed by atoms with E-state index in [9.17, 15) is 0 Å². The molecule has 0 aliphatic carbocycles. The molecule has 76 valence electrons. The molecule has 0 rings (SSSR count). The van der Waals surface area contributed by atoms with Crippen molar-refractivity contribution in [3.05, 3.63) is 0 Å². The third kappa shape index (κ3) is 389. The van der Waals surface area contributed by atoms with Gasteiger partial charge in [-0.15, -0.1) is 0 Å². The first-order chi connectivity index (χ1) is 5.38. The van der Waals surface area contributed by atoms with Gasteiger partial charge < -0.3 is 21.7 Å². The number of hydrogen-bond donors (Lipinski definition) is 4. The first kappa shape index (κ1) is 23.7. The fraction of sp³-hybridized carbons (Fsp3) is 0.667. The second-order valence-electron chi connectivity index (χ2n) is 1.68. The van der Waals surface area contributed by atoms with Gasteiger partial charge >= 0.3 is 51.4 Å². The van der Waals surface area contributed by atoms with Crippen LogP contribution >= 0.6 is 24.4 Å². The van der Waals surface area contributed by atoms with Crippen molar-refractivity contribution in [2.45, 2.75) is 26.7 Å². The Morgan fingerprint density at radius 1 is 1.00 bits per heavy atom. The zero-order chi connectivity index (χ0) is 10.6. The Hall–Kier alpha value is 1.02. The van der Waals surface area contributed by atoms with Crippen LogP contribution in [0.25, 0.3) is 0 Å². The summed E-state index contributed by atoms with van der Waals surface area (Å²) >= 11 is 7.74. The zero-order valence-electron chi connectivity index (χ0n) is 7.28. The molecule has 0 aliphatic heterocycles. The van der Waals surface area contributed by atoms with E-state index >= 15 is 0 Å². The minimum absolute atomic E-state index is 0. The van der Waals surface area contributed by atoms with Crippen molar-refractivity contribution in [2.24, 2.45) is 11.5 Å². The first-order valence-corrected chi connectivity index (χ1v) is 4.16. The first-order valence-electron chi connectivity index (χ1n) is 3.35. The van der Waals surface area contributed by atoms with Crippen molar-refractivity contribution in [2.75, 3.05) is 0 Å². The van der Waals surface area contributed by atoms with Gasteiger partial charge in [0.05, 0.1) is 0 Å². The van der Waals surface area contributed by atoms with E-state index in [-0.39, 0.29) is 51.4 Å². The van der Waals surface area contributed by atoms with Crippen LogP contribution in [0.5, 0.6) is 0 Å². The van der Waals surface area contributed by atoms with Gasteiger partial charge in [-0.05, 0) is 24.4 Å². The standard InChI is InChI=1S/C4H10.2CH3NOS.K.H/c1-3-4-2;2*2-1(3)4;;/h3-4H2,1-2H3;2*(H3,2,3,4);;. The Labute approximate surface area is 132 Å². The predicted octanol–water partition coefficient (Wildman–Crippen LogP) is 0.734. The maximum atomic E-state index is 7.56. The molecular weight excluding hydrogens is 235 g/mol. The van der Waals surface area contributed by atoms with Gasteiger partial charge in [-0.2, -0.15) is 0 Å². The summed E-state index contributed by atoms with van der Waals surface area (Å²) in [6, 6.07) is 0. The molecule has 13 heavy (non-hydrogen) atoms. The van der Waals surface area contributed by atoms with Crippen LogP contribution < -0.4 is 11.5 Å². The average Bonchev–Trinajstić information content (AvgIpc) is 1.85. The van der Waals surface area contributed by atoms with Crippen molar-refractivity contribution in [1.29, 1.82) is 0 Å². The molecule has 0 bridgehead atoms. The average molecular weight is 252 g/mol. The molecule has 0 unspecified atom stereocenters. The van der Waals surface area contributed by atoms with Crippen molar-refractivity contribution >= 4 is 86.2 Å². The second-order valence-corrected chi connectivity index (χ2v) is 2.51. The van der Waals surface area contributed by atoms with Crippen LogP contribution in [-0.2, 0) is 0 Å². The Bertz CT molecular complexity index is 103. The summed E-state index contributed by atoms with van der Waals surface area (Å²) in [5.74, 6) is 0. The van der Waals surface area contributed by atoms with Crippen molar-refractivity contribution in [3.8, 4) is 0 Å². The summed E-state index contributed by atoms with van der Waals surface area (Å²) in [5, 5.41) is 14.1. The van der Waals surface area contributed by atoms with E-state index in [0.717, 1.165) is 0 Å². The molecule has 0 heterocycles. The van der Waals surface area contributed by atoms with Crippen molar-refractivity contribution in [3.63, 3.8) is 0 Å². The third-order valence-electron chi connectivity index (χ3n) is 0.500. The van der Waals surface area contributed by atoms with E-state index in [0.29, 0.717) is 0 Å². The van der Waals surface area contributed by atoms with Crippen molar-refractivity contribution in [1.82, 2.24) is 0 Å². The maximum absolute atomic E-state index is 7.56. The second kappa shape index (κ2) is 23.1. The van der Waals surface area contributed by atoms with Crippen LogP contribution in [0.15, 0.2) is 0 Å². The molecule has 0 aromatic rings. The predicted molar refractivity (Wildman–Crippen MR) is 66.6 cm³/mol. The minimum atomic E-state index is -0.500. The molecule has 4 nitrogen and oxygen atoms in total. The van der Waals surface area contributed by atoms with Gasteiger partial charge in [0.2, 0.25) is 0 Å². The zero-order valence-corrected chi connectivity index (χ0v) is 8.91. The summed E-state index contributed by atoms with van der Waals surface area (Å²) < 4.78 is 0. The summed E-state index contributed by atoms with van der Waals surface area (Å²) in [6.07, 6.45) is 2.64. The Morgan fingerprint density at radius 3 is 1.08 bits per heavy atom. The Balaban J connectivity index is -0.0000000450. The Morgan fingerprint density at radius 2 is 1.08 bits per heavy atom. The number of aliphatic hydroxyl groups is 2. The monoisotopic (exact) mass is 252 g/mol. The molecule has 0 spiro atoms. The molecule has 7 heteroatoms. The summed E-state index contributed by atoms with van der Waals surface area (Å²) in [4.78, 5) is 0. The van der Waals surface area contributed by atoms with E-state index in [1.165, 1.54) is 12.8 Å². The number of nitrogens with two attached hydrogens (primary N) is 2. The molecule has 0 radical (unpaired) electrons. The van der Waals surface area contributed by atoms with Crippen molar-refractivity contribution < 1.29 is 10.2 Å². The molecular formula is C6H17KN2O2S2. The third-order valence-corrected chi connectivity index (χ3v) is 0.500. The molecule has 6 N–H and O–H groups in total. The van der Waals surface area contributed by atoms with Crippen LogP contribution in [0.1, 0.15) is 26.7 Å². The Kier molecular flexibility index (Phi) is 42.1. The molecule has 0 aromatic heterocycles. The van der Waals surface area contributed by atoms with E-state index in [2.05, 4.69) is 49.8 Å². The van der Waals surface area contributed by atoms with E-state index in [1.54, 1.807) is 0 Å². The van der Waals surface area contributed by atoms with Gasteiger partial charge in [0.15, 0.2) is 0 Å². The summed E-state index contributed by atoms with van der Waals surface area (Å²) in [7, 11) is 0. The fourth-order valence-electron chi connectivity index (χ4n) is 0. The summed E-state index contributed by atoms with van der Waals surface area (Å²) in [6.45, 7) is 4.36. The molecule has 0 fully saturated rings. The summed E-state index contributed by atoms with van der Waals surface area (Å²) in [5.41, 5.74) is 8.80. The molecule has 0 aromatic carbocycles. The quantitative estimate of drug-likeness (QED) is 0.406. The van der Waals surface area contributed by atoms with E-state index < -0.39 is 10.3 Å². The number of thiocarbonyl (C=S) groups is 2. The van der Waals surface area contributed by atoms with Gasteiger partial charge in [0.25, 0.3) is 10.3 Å². The molecule has 0 aliphatic rings. The van der Waals surface area contributed by atoms with E-state index in [4.69, 9.17) is 10.2 Å². The van der Waals surface area contributed by atoms with Gasteiger partial charge in [-0.3, -0.25) is 0 Å². The molecule has 0 saturated carbocycles. The van der Waals surface area contributed by atoms with Gasteiger partial charge in [-0.1, -0.05) is 26.7 Å². The van der Waals surface area contributed by atoms with Crippen LogP contribution in [0, 0.1) is 0 Å². The van der Waals surface area contributed by atoms with Gasteiger partial charge in [-0.25, -0.2) is 0 Å². The molecule has 0 saturated heterocycles. The van der Waals surface area contributed by atoms with Gasteiger partial charge in [0.1, 0.15) is 0 Å². The van der Waals surface area contributed by atoms with Gasteiger partial charge in [0, 0.05) is 0 Å².